The lowest BCUT2D eigenvalue weighted by Gasteiger charge is -2.25. The van der Waals surface area contributed by atoms with Crippen molar-refractivity contribution < 1.29 is 9.32 Å². The van der Waals surface area contributed by atoms with Crippen molar-refractivity contribution in [1.29, 1.82) is 0 Å². The molecule has 27 heavy (non-hydrogen) atoms. The van der Waals surface area contributed by atoms with Gasteiger partial charge in [-0.25, -0.2) is 0 Å². The van der Waals surface area contributed by atoms with Gasteiger partial charge in [0.05, 0.1) is 6.04 Å². The van der Waals surface area contributed by atoms with E-state index in [-0.39, 0.29) is 11.9 Å². The topological polar surface area (TPSA) is 59.2 Å². The molecule has 1 atom stereocenters. The molecule has 1 amide bonds. The summed E-state index contributed by atoms with van der Waals surface area (Å²) in [4.78, 5) is 19.0. The summed E-state index contributed by atoms with van der Waals surface area (Å²) in [5.74, 6) is 1.17. The quantitative estimate of drug-likeness (QED) is 0.686. The molecule has 1 aromatic heterocycles. The smallest absolute Gasteiger partial charge is 0.227 e. The van der Waals surface area contributed by atoms with Gasteiger partial charge in [0.15, 0.2) is 0 Å². The van der Waals surface area contributed by atoms with Crippen molar-refractivity contribution in [1.82, 2.24) is 15.0 Å². The fourth-order valence-electron chi connectivity index (χ4n) is 3.68. The number of benzene rings is 2. The number of nitrogens with zero attached hydrogens (tertiary/aromatic N) is 3. The lowest BCUT2D eigenvalue weighted by molar-refractivity contribution is -0.132. The standard InChI is InChI=1S/C22H23N3O2/c1-15-7-9-17(10-8-15)22-23-20(27-24-22)13-14-21(26)25(2)19-12-11-16-5-3-4-6-18(16)19/h3-10,19H,11-14H2,1-2H3. The molecule has 5 nitrogen and oxygen atoms in total. The third-order valence-corrected chi connectivity index (χ3v) is 5.29. The van der Waals surface area contributed by atoms with Crippen LogP contribution in [-0.2, 0) is 17.6 Å². The Kier molecular flexibility index (Phi) is 4.75. The molecule has 0 N–H and O–H groups in total. The fourth-order valence-corrected chi connectivity index (χ4v) is 3.68. The van der Waals surface area contributed by atoms with Gasteiger partial charge >= 0.3 is 0 Å². The molecule has 0 spiro atoms. The van der Waals surface area contributed by atoms with Crippen LogP contribution in [0.1, 0.15) is 41.5 Å². The molecule has 4 rings (SSSR count). The van der Waals surface area contributed by atoms with E-state index in [0.717, 1.165) is 18.4 Å². The van der Waals surface area contributed by atoms with Crippen molar-refractivity contribution in [2.75, 3.05) is 7.05 Å². The first-order valence-corrected chi connectivity index (χ1v) is 9.35. The summed E-state index contributed by atoms with van der Waals surface area (Å²) in [6, 6.07) is 16.5. The number of fused-ring (bicyclic) bond motifs is 1. The average molecular weight is 361 g/mol. The molecule has 0 saturated heterocycles. The number of carbonyl (C=O) groups is 1. The molecule has 1 unspecified atom stereocenters. The van der Waals surface area contributed by atoms with Crippen molar-refractivity contribution in [3.8, 4) is 11.4 Å². The average Bonchev–Trinajstić information content (AvgIpc) is 3.33. The SMILES string of the molecule is Cc1ccc(-c2noc(CCC(=O)N(C)C3CCc4ccccc43)n2)cc1. The number of aromatic nitrogens is 2. The van der Waals surface area contributed by atoms with E-state index in [1.165, 1.54) is 16.7 Å². The van der Waals surface area contributed by atoms with Crippen LogP contribution in [0.4, 0.5) is 0 Å². The van der Waals surface area contributed by atoms with E-state index in [1.807, 2.05) is 49.2 Å². The largest absolute Gasteiger partial charge is 0.339 e. The molecule has 0 bridgehead atoms. The Labute approximate surface area is 159 Å². The highest BCUT2D eigenvalue weighted by Gasteiger charge is 2.28. The van der Waals surface area contributed by atoms with Gasteiger partial charge in [-0.15, -0.1) is 0 Å². The molecule has 0 saturated carbocycles. The summed E-state index contributed by atoms with van der Waals surface area (Å²) in [5, 5.41) is 4.04. The third kappa shape index (κ3) is 3.63. The number of hydrogen-bond donors (Lipinski definition) is 0. The van der Waals surface area contributed by atoms with Gasteiger partial charge in [0.25, 0.3) is 0 Å². The van der Waals surface area contributed by atoms with Crippen LogP contribution in [0.5, 0.6) is 0 Å². The van der Waals surface area contributed by atoms with E-state index < -0.39 is 0 Å². The molecule has 3 aromatic rings. The molecule has 5 heteroatoms. The van der Waals surface area contributed by atoms with E-state index in [2.05, 4.69) is 28.3 Å². The first kappa shape index (κ1) is 17.5. The second-order valence-electron chi connectivity index (χ2n) is 7.14. The van der Waals surface area contributed by atoms with Crippen LogP contribution in [0.25, 0.3) is 11.4 Å². The number of rotatable bonds is 5. The summed E-state index contributed by atoms with van der Waals surface area (Å²) >= 11 is 0. The lowest BCUT2D eigenvalue weighted by Crippen LogP contribution is -2.30. The van der Waals surface area contributed by atoms with E-state index in [9.17, 15) is 4.79 Å². The maximum Gasteiger partial charge on any atom is 0.227 e. The molecular weight excluding hydrogens is 338 g/mol. The van der Waals surface area contributed by atoms with Gasteiger partial charge in [0, 0.05) is 25.5 Å². The maximum absolute atomic E-state index is 12.7. The maximum atomic E-state index is 12.7. The second-order valence-corrected chi connectivity index (χ2v) is 7.14. The molecule has 0 fully saturated rings. The normalized spacial score (nSPS) is 15.6. The Hall–Kier alpha value is -2.95. The molecule has 0 aliphatic heterocycles. The summed E-state index contributed by atoms with van der Waals surface area (Å²) < 4.78 is 5.33. The van der Waals surface area contributed by atoms with Crippen LogP contribution in [0.3, 0.4) is 0 Å². The predicted molar refractivity (Wildman–Crippen MR) is 103 cm³/mol. The fraction of sp³-hybridized carbons (Fsp3) is 0.318. The highest BCUT2D eigenvalue weighted by Crippen LogP contribution is 2.35. The summed E-state index contributed by atoms with van der Waals surface area (Å²) in [6.07, 6.45) is 2.84. The zero-order chi connectivity index (χ0) is 18.8. The van der Waals surface area contributed by atoms with Crippen molar-refractivity contribution in [2.45, 2.75) is 38.6 Å². The first-order chi connectivity index (χ1) is 13.1. The number of carbonyl (C=O) groups excluding carboxylic acids is 1. The minimum Gasteiger partial charge on any atom is -0.339 e. The molecule has 1 heterocycles. The molecule has 1 aliphatic rings. The van der Waals surface area contributed by atoms with Gasteiger partial charge in [-0.05, 0) is 30.9 Å². The van der Waals surface area contributed by atoms with Crippen LogP contribution >= 0.6 is 0 Å². The third-order valence-electron chi connectivity index (χ3n) is 5.29. The van der Waals surface area contributed by atoms with Crippen LogP contribution < -0.4 is 0 Å². The number of hydrogen-bond acceptors (Lipinski definition) is 4. The number of amides is 1. The van der Waals surface area contributed by atoms with Crippen molar-refractivity contribution >= 4 is 5.91 Å². The Morgan fingerprint density at radius 1 is 1.19 bits per heavy atom. The van der Waals surface area contributed by atoms with Crippen molar-refractivity contribution in [2.24, 2.45) is 0 Å². The Balaban J connectivity index is 1.38. The van der Waals surface area contributed by atoms with Gasteiger partial charge in [0.1, 0.15) is 0 Å². The van der Waals surface area contributed by atoms with Gasteiger partial charge in [0.2, 0.25) is 17.6 Å². The minimum absolute atomic E-state index is 0.104. The van der Waals surface area contributed by atoms with Crippen molar-refractivity contribution in [3.05, 3.63) is 71.1 Å². The van der Waals surface area contributed by atoms with E-state index in [1.54, 1.807) is 0 Å². The zero-order valence-electron chi connectivity index (χ0n) is 15.7. The monoisotopic (exact) mass is 361 g/mol. The van der Waals surface area contributed by atoms with Gasteiger partial charge in [-0.3, -0.25) is 4.79 Å². The van der Waals surface area contributed by atoms with Crippen LogP contribution in [0.15, 0.2) is 53.1 Å². The zero-order valence-corrected chi connectivity index (χ0v) is 15.7. The van der Waals surface area contributed by atoms with Gasteiger partial charge in [-0.1, -0.05) is 59.3 Å². The first-order valence-electron chi connectivity index (χ1n) is 9.35. The Morgan fingerprint density at radius 2 is 1.96 bits per heavy atom. The summed E-state index contributed by atoms with van der Waals surface area (Å²) in [5.41, 5.74) is 4.72. The predicted octanol–water partition coefficient (Wildman–Crippen LogP) is 4.12. The molecule has 138 valence electrons. The molecule has 0 radical (unpaired) electrons. The minimum atomic E-state index is 0.104. The highest BCUT2D eigenvalue weighted by atomic mass is 16.5. The van der Waals surface area contributed by atoms with Gasteiger partial charge in [-0.2, -0.15) is 4.98 Å². The molecule has 2 aromatic carbocycles. The Morgan fingerprint density at radius 3 is 2.78 bits per heavy atom. The molecular formula is C22H23N3O2. The Bertz CT molecular complexity index is 946. The lowest BCUT2D eigenvalue weighted by atomic mass is 10.1. The van der Waals surface area contributed by atoms with Crippen molar-refractivity contribution in [3.63, 3.8) is 0 Å². The van der Waals surface area contributed by atoms with E-state index in [4.69, 9.17) is 4.52 Å². The van der Waals surface area contributed by atoms with Crippen LogP contribution in [-0.4, -0.2) is 28.0 Å². The van der Waals surface area contributed by atoms with E-state index >= 15 is 0 Å². The second kappa shape index (κ2) is 7.35. The molecule has 1 aliphatic carbocycles. The van der Waals surface area contributed by atoms with Crippen LogP contribution in [0, 0.1) is 6.92 Å². The summed E-state index contributed by atoms with van der Waals surface area (Å²) in [7, 11) is 1.89. The van der Waals surface area contributed by atoms with Gasteiger partial charge < -0.3 is 9.42 Å². The number of aryl methyl sites for hydroxylation is 3. The van der Waals surface area contributed by atoms with E-state index in [0.29, 0.717) is 24.6 Å². The summed E-state index contributed by atoms with van der Waals surface area (Å²) in [6.45, 7) is 2.04. The van der Waals surface area contributed by atoms with Crippen LogP contribution in [0.2, 0.25) is 0 Å². The highest BCUT2D eigenvalue weighted by molar-refractivity contribution is 5.76.